The summed E-state index contributed by atoms with van der Waals surface area (Å²) in [6.07, 6.45) is 0. The first kappa shape index (κ1) is 22.4. The van der Waals surface area contributed by atoms with E-state index in [1.807, 2.05) is 31.2 Å². The van der Waals surface area contributed by atoms with Gasteiger partial charge in [-0.2, -0.15) is 0 Å². The first-order valence-corrected chi connectivity index (χ1v) is 9.86. The molecule has 0 saturated heterocycles. The number of hydrogen-bond acceptors (Lipinski definition) is 6. The standard InChI is InChI=1S/C21H26N2O5S/c1-13(29-17-8-6-16(7-9-17)23-14(2)24)21(25)22-12-15-10-19(27-4)20(28-5)11-18(15)26-3/h6-11,13H,12H2,1-5H3,(H,22,25)(H,23,24). The van der Waals surface area contributed by atoms with Gasteiger partial charge in [-0.1, -0.05) is 0 Å². The summed E-state index contributed by atoms with van der Waals surface area (Å²) in [6.45, 7) is 3.60. The van der Waals surface area contributed by atoms with E-state index in [0.717, 1.165) is 16.1 Å². The van der Waals surface area contributed by atoms with Crippen molar-refractivity contribution in [2.45, 2.75) is 30.5 Å². The number of rotatable bonds is 9. The zero-order valence-corrected chi connectivity index (χ0v) is 18.0. The van der Waals surface area contributed by atoms with Gasteiger partial charge in [-0.3, -0.25) is 9.59 Å². The summed E-state index contributed by atoms with van der Waals surface area (Å²) in [5, 5.41) is 5.34. The van der Waals surface area contributed by atoms with Gasteiger partial charge in [-0.15, -0.1) is 11.8 Å². The normalized spacial score (nSPS) is 11.3. The second-order valence-corrected chi connectivity index (χ2v) is 7.62. The van der Waals surface area contributed by atoms with Crippen LogP contribution in [0.3, 0.4) is 0 Å². The molecule has 0 bridgehead atoms. The Kier molecular flexibility index (Phi) is 8.21. The van der Waals surface area contributed by atoms with Gasteiger partial charge in [-0.25, -0.2) is 0 Å². The van der Waals surface area contributed by atoms with Crippen molar-refractivity contribution in [1.29, 1.82) is 0 Å². The second-order valence-electron chi connectivity index (χ2n) is 6.20. The number of amides is 2. The molecule has 7 nitrogen and oxygen atoms in total. The van der Waals surface area contributed by atoms with Crippen molar-refractivity contribution < 1.29 is 23.8 Å². The first-order chi connectivity index (χ1) is 13.9. The van der Waals surface area contributed by atoms with Crippen LogP contribution in [-0.2, 0) is 16.1 Å². The number of carbonyl (C=O) groups excluding carboxylic acids is 2. The zero-order valence-electron chi connectivity index (χ0n) is 17.2. The maximum atomic E-state index is 12.5. The number of anilines is 1. The van der Waals surface area contributed by atoms with Gasteiger partial charge >= 0.3 is 0 Å². The smallest absolute Gasteiger partial charge is 0.233 e. The Hall–Kier alpha value is -2.87. The first-order valence-electron chi connectivity index (χ1n) is 8.98. The molecule has 1 atom stereocenters. The van der Waals surface area contributed by atoms with Gasteiger partial charge in [0.15, 0.2) is 11.5 Å². The maximum Gasteiger partial charge on any atom is 0.233 e. The van der Waals surface area contributed by atoms with Gasteiger partial charge in [-0.05, 0) is 37.3 Å². The quantitative estimate of drug-likeness (QED) is 0.607. The van der Waals surface area contributed by atoms with Crippen molar-refractivity contribution in [3.63, 3.8) is 0 Å². The molecule has 0 saturated carbocycles. The summed E-state index contributed by atoms with van der Waals surface area (Å²) in [6, 6.07) is 10.9. The number of ether oxygens (including phenoxy) is 3. The SMILES string of the molecule is COc1cc(OC)c(OC)cc1CNC(=O)C(C)Sc1ccc(NC(C)=O)cc1. The molecule has 0 fully saturated rings. The Balaban J connectivity index is 1.98. The van der Waals surface area contributed by atoms with Gasteiger partial charge < -0.3 is 24.8 Å². The van der Waals surface area contributed by atoms with Crippen molar-refractivity contribution in [1.82, 2.24) is 5.32 Å². The van der Waals surface area contributed by atoms with E-state index >= 15 is 0 Å². The molecule has 2 aromatic rings. The molecule has 2 aromatic carbocycles. The predicted octanol–water partition coefficient (Wildman–Crippen LogP) is 3.47. The molecule has 8 heteroatoms. The molecule has 0 heterocycles. The number of carbonyl (C=O) groups is 2. The van der Waals surface area contributed by atoms with E-state index in [4.69, 9.17) is 14.2 Å². The molecule has 2 rings (SSSR count). The van der Waals surface area contributed by atoms with E-state index in [0.29, 0.717) is 23.8 Å². The molecule has 0 aliphatic heterocycles. The highest BCUT2D eigenvalue weighted by Gasteiger charge is 2.17. The molecule has 2 amide bonds. The summed E-state index contributed by atoms with van der Waals surface area (Å²) in [7, 11) is 4.68. The molecule has 2 N–H and O–H groups in total. The minimum atomic E-state index is -0.298. The van der Waals surface area contributed by atoms with E-state index in [2.05, 4.69) is 10.6 Å². The van der Waals surface area contributed by atoms with Gasteiger partial charge in [0.1, 0.15) is 5.75 Å². The molecule has 29 heavy (non-hydrogen) atoms. The van der Waals surface area contributed by atoms with E-state index in [-0.39, 0.29) is 17.1 Å². The fraction of sp³-hybridized carbons (Fsp3) is 0.333. The van der Waals surface area contributed by atoms with Gasteiger partial charge in [0.25, 0.3) is 0 Å². The Morgan fingerprint density at radius 3 is 2.10 bits per heavy atom. The van der Waals surface area contributed by atoms with E-state index in [1.165, 1.54) is 18.7 Å². The topological polar surface area (TPSA) is 85.9 Å². The Labute approximate surface area is 175 Å². The van der Waals surface area contributed by atoms with Crippen LogP contribution in [0.25, 0.3) is 0 Å². The fourth-order valence-corrected chi connectivity index (χ4v) is 3.53. The van der Waals surface area contributed by atoms with Crippen LogP contribution in [0, 0.1) is 0 Å². The molecule has 0 aromatic heterocycles. The third kappa shape index (κ3) is 6.32. The van der Waals surface area contributed by atoms with Gasteiger partial charge in [0.05, 0.1) is 26.6 Å². The van der Waals surface area contributed by atoms with Crippen molar-refractivity contribution in [2.75, 3.05) is 26.6 Å². The van der Waals surface area contributed by atoms with Crippen molar-refractivity contribution in [3.8, 4) is 17.2 Å². The molecule has 0 spiro atoms. The Bertz CT molecular complexity index is 855. The van der Waals surface area contributed by atoms with Gasteiger partial charge in [0, 0.05) is 35.7 Å². The minimum absolute atomic E-state index is 0.0993. The third-order valence-corrected chi connectivity index (χ3v) is 5.21. The van der Waals surface area contributed by atoms with Crippen LogP contribution in [0.2, 0.25) is 0 Å². The zero-order chi connectivity index (χ0) is 21.4. The second kappa shape index (κ2) is 10.6. The average Bonchev–Trinajstić information content (AvgIpc) is 2.72. The van der Waals surface area contributed by atoms with Crippen LogP contribution >= 0.6 is 11.8 Å². The molecular formula is C21H26N2O5S. The fourth-order valence-electron chi connectivity index (χ4n) is 2.63. The van der Waals surface area contributed by atoms with Gasteiger partial charge in [0.2, 0.25) is 11.8 Å². The highest BCUT2D eigenvalue weighted by atomic mass is 32.2. The van der Waals surface area contributed by atoms with Crippen LogP contribution in [0.5, 0.6) is 17.2 Å². The summed E-state index contributed by atoms with van der Waals surface area (Å²) >= 11 is 1.44. The van der Waals surface area contributed by atoms with Crippen LogP contribution in [0.1, 0.15) is 19.4 Å². The highest BCUT2D eigenvalue weighted by Crippen LogP contribution is 2.34. The van der Waals surface area contributed by atoms with Crippen LogP contribution in [-0.4, -0.2) is 38.4 Å². The molecule has 156 valence electrons. The lowest BCUT2D eigenvalue weighted by molar-refractivity contribution is -0.120. The highest BCUT2D eigenvalue weighted by molar-refractivity contribution is 8.00. The van der Waals surface area contributed by atoms with Crippen LogP contribution in [0.4, 0.5) is 5.69 Å². The molecule has 0 aliphatic rings. The molecule has 0 aliphatic carbocycles. The number of thioether (sulfide) groups is 1. The van der Waals surface area contributed by atoms with Crippen molar-refractivity contribution in [2.24, 2.45) is 0 Å². The van der Waals surface area contributed by atoms with E-state index in [1.54, 1.807) is 33.5 Å². The summed E-state index contributed by atoms with van der Waals surface area (Å²) in [5.41, 5.74) is 1.51. The van der Waals surface area contributed by atoms with E-state index in [9.17, 15) is 9.59 Å². The summed E-state index contributed by atoms with van der Waals surface area (Å²) in [5.74, 6) is 1.52. The third-order valence-electron chi connectivity index (χ3n) is 4.10. The molecule has 0 radical (unpaired) electrons. The lowest BCUT2D eigenvalue weighted by atomic mass is 10.1. The number of hydrogen-bond donors (Lipinski definition) is 2. The monoisotopic (exact) mass is 418 g/mol. The van der Waals surface area contributed by atoms with E-state index < -0.39 is 0 Å². The predicted molar refractivity (Wildman–Crippen MR) is 114 cm³/mol. The summed E-state index contributed by atoms with van der Waals surface area (Å²) < 4.78 is 16.0. The average molecular weight is 419 g/mol. The Morgan fingerprint density at radius 1 is 0.966 bits per heavy atom. The number of benzene rings is 2. The number of nitrogens with one attached hydrogen (secondary N) is 2. The number of methoxy groups -OCH3 is 3. The molecule has 1 unspecified atom stereocenters. The van der Waals surface area contributed by atoms with Crippen molar-refractivity contribution in [3.05, 3.63) is 42.0 Å². The lowest BCUT2D eigenvalue weighted by Gasteiger charge is -2.16. The van der Waals surface area contributed by atoms with Crippen LogP contribution in [0.15, 0.2) is 41.3 Å². The summed E-state index contributed by atoms with van der Waals surface area (Å²) in [4.78, 5) is 24.5. The maximum absolute atomic E-state index is 12.5. The lowest BCUT2D eigenvalue weighted by Crippen LogP contribution is -2.30. The van der Waals surface area contributed by atoms with Crippen molar-refractivity contribution >= 4 is 29.3 Å². The largest absolute Gasteiger partial charge is 0.496 e. The van der Waals surface area contributed by atoms with Crippen LogP contribution < -0.4 is 24.8 Å². The Morgan fingerprint density at radius 2 is 1.55 bits per heavy atom. The minimum Gasteiger partial charge on any atom is -0.496 e. The molecular weight excluding hydrogens is 392 g/mol.